The number of benzene rings is 1. The Morgan fingerprint density at radius 1 is 1.36 bits per heavy atom. The van der Waals surface area contributed by atoms with E-state index in [-0.39, 0.29) is 26.1 Å². The minimum atomic E-state index is -1.34. The van der Waals surface area contributed by atoms with Crippen LogP contribution >= 0.6 is 0 Å². The third-order valence-electron chi connectivity index (χ3n) is 4.05. The fourth-order valence-corrected chi connectivity index (χ4v) is 2.66. The SMILES string of the molecule is CC(C)(C)OC(=O)N1CC(C#N)(C(F)CCOCc2ccccc2)C1. The van der Waals surface area contributed by atoms with Gasteiger partial charge in [0, 0.05) is 26.1 Å². The van der Waals surface area contributed by atoms with Crippen LogP contribution in [0.1, 0.15) is 32.8 Å². The van der Waals surface area contributed by atoms with Crippen LogP contribution < -0.4 is 0 Å². The summed E-state index contributed by atoms with van der Waals surface area (Å²) in [4.78, 5) is 13.3. The molecule has 0 N–H and O–H groups in total. The molecule has 0 radical (unpaired) electrons. The Morgan fingerprint density at radius 2 is 2.00 bits per heavy atom. The highest BCUT2D eigenvalue weighted by Gasteiger charge is 2.52. The molecule has 1 aliphatic rings. The number of amides is 1. The van der Waals surface area contributed by atoms with Gasteiger partial charge >= 0.3 is 6.09 Å². The molecule has 1 saturated heterocycles. The lowest BCUT2D eigenvalue weighted by molar-refractivity contribution is -0.0474. The van der Waals surface area contributed by atoms with Crippen LogP contribution in [0.4, 0.5) is 9.18 Å². The number of halogens is 1. The molecule has 0 saturated carbocycles. The third kappa shape index (κ3) is 5.17. The van der Waals surface area contributed by atoms with Crippen molar-refractivity contribution in [3.8, 4) is 6.07 Å². The second-order valence-electron chi connectivity index (χ2n) is 7.40. The minimum absolute atomic E-state index is 0.0538. The number of alkyl halides is 1. The summed E-state index contributed by atoms with van der Waals surface area (Å²) in [5, 5.41) is 9.36. The quantitative estimate of drug-likeness (QED) is 0.736. The van der Waals surface area contributed by atoms with E-state index < -0.39 is 23.3 Å². The Labute approximate surface area is 148 Å². The average Bonchev–Trinajstić information content (AvgIpc) is 2.50. The van der Waals surface area contributed by atoms with Crippen LogP contribution in [0, 0.1) is 16.7 Å². The van der Waals surface area contributed by atoms with Gasteiger partial charge < -0.3 is 14.4 Å². The first-order chi connectivity index (χ1) is 11.8. The standard InChI is InChI=1S/C19H25FN2O3/c1-18(2,3)25-17(23)22-13-19(12-21,14-22)16(20)9-10-24-11-15-7-5-4-6-8-15/h4-8,16H,9-11,13-14H2,1-3H3. The van der Waals surface area contributed by atoms with Crippen molar-refractivity contribution in [1.29, 1.82) is 5.26 Å². The molecule has 0 aromatic heterocycles. The summed E-state index contributed by atoms with van der Waals surface area (Å²) in [6.07, 6.45) is -1.72. The predicted molar refractivity (Wildman–Crippen MR) is 91.5 cm³/mol. The van der Waals surface area contributed by atoms with Gasteiger partial charge in [0.1, 0.15) is 17.2 Å². The molecular formula is C19H25FN2O3. The third-order valence-corrected chi connectivity index (χ3v) is 4.05. The van der Waals surface area contributed by atoms with Crippen molar-refractivity contribution in [2.24, 2.45) is 5.41 Å². The fourth-order valence-electron chi connectivity index (χ4n) is 2.66. The Kier molecular flexibility index (Phi) is 6.02. The first-order valence-electron chi connectivity index (χ1n) is 8.41. The summed E-state index contributed by atoms with van der Waals surface area (Å²) in [6.45, 7) is 6.05. The van der Waals surface area contributed by atoms with E-state index in [1.807, 2.05) is 36.4 Å². The summed E-state index contributed by atoms with van der Waals surface area (Å²) >= 11 is 0. The maximum Gasteiger partial charge on any atom is 0.410 e. The van der Waals surface area contributed by atoms with Crippen molar-refractivity contribution in [1.82, 2.24) is 4.90 Å². The Balaban J connectivity index is 1.75. The molecule has 0 bridgehead atoms. The summed E-state index contributed by atoms with van der Waals surface area (Å²) in [5.74, 6) is 0. The normalized spacial score (nSPS) is 17.3. The molecular weight excluding hydrogens is 323 g/mol. The van der Waals surface area contributed by atoms with Gasteiger partial charge in [0.05, 0.1) is 12.7 Å². The Morgan fingerprint density at radius 3 is 2.56 bits per heavy atom. The minimum Gasteiger partial charge on any atom is -0.444 e. The van der Waals surface area contributed by atoms with E-state index in [1.165, 1.54) is 4.90 Å². The lowest BCUT2D eigenvalue weighted by Gasteiger charge is -2.46. The number of hydrogen-bond donors (Lipinski definition) is 0. The van der Waals surface area contributed by atoms with Gasteiger partial charge in [-0.25, -0.2) is 9.18 Å². The van der Waals surface area contributed by atoms with Crippen LogP contribution in [0.3, 0.4) is 0 Å². The van der Waals surface area contributed by atoms with Crippen LogP contribution in [0.2, 0.25) is 0 Å². The number of likely N-dealkylation sites (tertiary alicyclic amines) is 1. The molecule has 0 spiro atoms. The average molecular weight is 348 g/mol. The lowest BCUT2D eigenvalue weighted by Crippen LogP contribution is -2.62. The number of nitrogens with zero attached hydrogens (tertiary/aromatic N) is 2. The van der Waals surface area contributed by atoms with Crippen LogP contribution in [-0.2, 0) is 16.1 Å². The van der Waals surface area contributed by atoms with Crippen LogP contribution in [-0.4, -0.2) is 42.5 Å². The van der Waals surface area contributed by atoms with Gasteiger partial charge in [0.2, 0.25) is 0 Å². The molecule has 0 aliphatic carbocycles. The zero-order chi connectivity index (χ0) is 18.5. The Hall–Kier alpha value is -2.13. The zero-order valence-corrected chi connectivity index (χ0v) is 15.0. The van der Waals surface area contributed by atoms with Gasteiger partial charge in [-0.2, -0.15) is 5.26 Å². The van der Waals surface area contributed by atoms with Gasteiger partial charge in [0.25, 0.3) is 0 Å². The molecule has 5 nitrogen and oxygen atoms in total. The summed E-state index contributed by atoms with van der Waals surface area (Å²) in [6, 6.07) is 11.7. The highest BCUT2D eigenvalue weighted by atomic mass is 19.1. The number of hydrogen-bond acceptors (Lipinski definition) is 4. The molecule has 1 amide bonds. The van der Waals surface area contributed by atoms with Crippen molar-refractivity contribution in [2.75, 3.05) is 19.7 Å². The van der Waals surface area contributed by atoms with E-state index in [4.69, 9.17) is 9.47 Å². The summed E-state index contributed by atoms with van der Waals surface area (Å²) < 4.78 is 25.2. The molecule has 1 atom stereocenters. The van der Waals surface area contributed by atoms with Crippen LogP contribution in [0.25, 0.3) is 0 Å². The second-order valence-corrected chi connectivity index (χ2v) is 7.40. The van der Waals surface area contributed by atoms with Gasteiger partial charge in [0.15, 0.2) is 0 Å². The highest BCUT2D eigenvalue weighted by molar-refractivity contribution is 5.69. The molecule has 25 heavy (non-hydrogen) atoms. The van der Waals surface area contributed by atoms with E-state index in [0.717, 1.165) is 5.56 Å². The van der Waals surface area contributed by atoms with E-state index in [1.54, 1.807) is 20.8 Å². The number of carbonyl (C=O) groups is 1. The van der Waals surface area contributed by atoms with Crippen LogP contribution in [0.5, 0.6) is 0 Å². The molecule has 136 valence electrons. The maximum absolute atomic E-state index is 14.5. The van der Waals surface area contributed by atoms with Gasteiger partial charge in [-0.05, 0) is 26.3 Å². The van der Waals surface area contributed by atoms with E-state index in [9.17, 15) is 14.4 Å². The first-order valence-corrected chi connectivity index (χ1v) is 8.41. The summed E-state index contributed by atoms with van der Waals surface area (Å²) in [7, 11) is 0. The molecule has 2 rings (SSSR count). The van der Waals surface area contributed by atoms with E-state index >= 15 is 0 Å². The molecule has 1 aromatic rings. The number of rotatable bonds is 6. The largest absolute Gasteiger partial charge is 0.444 e. The highest BCUT2D eigenvalue weighted by Crippen LogP contribution is 2.37. The van der Waals surface area contributed by atoms with E-state index in [0.29, 0.717) is 6.61 Å². The van der Waals surface area contributed by atoms with Crippen LogP contribution in [0.15, 0.2) is 30.3 Å². The van der Waals surface area contributed by atoms with Gasteiger partial charge in [-0.15, -0.1) is 0 Å². The van der Waals surface area contributed by atoms with Gasteiger partial charge in [-0.3, -0.25) is 0 Å². The molecule has 1 heterocycles. The number of ether oxygens (including phenoxy) is 2. The van der Waals surface area contributed by atoms with Crippen molar-refractivity contribution in [3.05, 3.63) is 35.9 Å². The number of carbonyl (C=O) groups excluding carboxylic acids is 1. The Bertz CT molecular complexity index is 616. The van der Waals surface area contributed by atoms with Crippen molar-refractivity contribution >= 4 is 6.09 Å². The van der Waals surface area contributed by atoms with E-state index in [2.05, 4.69) is 0 Å². The predicted octanol–water partition coefficient (Wildman–Crippen LogP) is 3.69. The topological polar surface area (TPSA) is 62.6 Å². The smallest absolute Gasteiger partial charge is 0.410 e. The fraction of sp³-hybridized carbons (Fsp3) is 0.579. The summed E-state index contributed by atoms with van der Waals surface area (Å²) in [5.41, 5.74) is -0.747. The van der Waals surface area contributed by atoms with Gasteiger partial charge in [-0.1, -0.05) is 30.3 Å². The first kappa shape index (κ1) is 19.2. The molecule has 1 unspecified atom stereocenters. The van der Waals surface area contributed by atoms with Crippen molar-refractivity contribution in [3.63, 3.8) is 0 Å². The van der Waals surface area contributed by atoms with Crippen molar-refractivity contribution < 1.29 is 18.7 Å². The zero-order valence-electron chi connectivity index (χ0n) is 15.0. The molecule has 1 aliphatic heterocycles. The second kappa shape index (κ2) is 7.83. The molecule has 6 heteroatoms. The maximum atomic E-state index is 14.5. The van der Waals surface area contributed by atoms with Crippen molar-refractivity contribution in [2.45, 2.75) is 45.6 Å². The number of nitriles is 1. The lowest BCUT2D eigenvalue weighted by atomic mass is 9.76. The molecule has 1 fully saturated rings. The monoisotopic (exact) mass is 348 g/mol. The molecule has 1 aromatic carbocycles.